The first-order valence-corrected chi connectivity index (χ1v) is 5.78. The first-order valence-electron chi connectivity index (χ1n) is 5.78. The molecule has 0 bridgehead atoms. The van der Waals surface area contributed by atoms with Crippen molar-refractivity contribution in [2.45, 2.75) is 58.0 Å². The van der Waals surface area contributed by atoms with E-state index >= 15 is 0 Å². The summed E-state index contributed by atoms with van der Waals surface area (Å²) in [5, 5.41) is 9.14. The van der Waals surface area contributed by atoms with Crippen molar-refractivity contribution in [1.82, 2.24) is 4.90 Å². The third kappa shape index (κ3) is 2.72. The van der Waals surface area contributed by atoms with Crippen molar-refractivity contribution in [3.63, 3.8) is 0 Å². The van der Waals surface area contributed by atoms with Crippen LogP contribution in [-0.2, 0) is 0 Å². The van der Waals surface area contributed by atoms with Crippen molar-refractivity contribution >= 4 is 0 Å². The van der Waals surface area contributed by atoms with E-state index in [-0.39, 0.29) is 5.92 Å². The SMILES string of the molecule is CC(C)N(C)C1CCCCCC1C#N. The highest BCUT2D eigenvalue weighted by molar-refractivity contribution is 4.94. The minimum atomic E-state index is 0.255. The van der Waals surface area contributed by atoms with Gasteiger partial charge in [0.25, 0.3) is 0 Å². The van der Waals surface area contributed by atoms with Gasteiger partial charge in [0.05, 0.1) is 12.0 Å². The van der Waals surface area contributed by atoms with Crippen molar-refractivity contribution in [1.29, 1.82) is 5.26 Å². The summed E-state index contributed by atoms with van der Waals surface area (Å²) in [4.78, 5) is 2.37. The van der Waals surface area contributed by atoms with Gasteiger partial charge in [-0.25, -0.2) is 0 Å². The van der Waals surface area contributed by atoms with Crippen molar-refractivity contribution in [2.24, 2.45) is 5.92 Å². The van der Waals surface area contributed by atoms with Crippen molar-refractivity contribution < 1.29 is 0 Å². The maximum absolute atomic E-state index is 9.14. The first-order chi connectivity index (χ1) is 6.66. The molecule has 0 N–H and O–H groups in total. The molecule has 0 saturated heterocycles. The van der Waals surface area contributed by atoms with Gasteiger partial charge in [-0.05, 0) is 33.7 Å². The van der Waals surface area contributed by atoms with Crippen LogP contribution >= 0.6 is 0 Å². The Kier molecular flexibility index (Phi) is 4.41. The van der Waals surface area contributed by atoms with Gasteiger partial charge in [-0.1, -0.05) is 19.3 Å². The lowest BCUT2D eigenvalue weighted by atomic mass is 9.94. The van der Waals surface area contributed by atoms with E-state index in [9.17, 15) is 0 Å². The molecule has 2 heteroatoms. The van der Waals surface area contributed by atoms with E-state index in [0.29, 0.717) is 12.1 Å². The average molecular weight is 194 g/mol. The molecule has 0 aliphatic heterocycles. The number of nitrogens with zero attached hydrogens (tertiary/aromatic N) is 2. The molecule has 1 aliphatic carbocycles. The Hall–Kier alpha value is -0.550. The summed E-state index contributed by atoms with van der Waals surface area (Å²) in [5.41, 5.74) is 0. The van der Waals surface area contributed by atoms with E-state index in [0.717, 1.165) is 6.42 Å². The zero-order chi connectivity index (χ0) is 10.6. The number of hydrogen-bond acceptors (Lipinski definition) is 2. The molecule has 0 heterocycles. The molecule has 0 spiro atoms. The molecule has 2 unspecified atom stereocenters. The Bertz CT molecular complexity index is 205. The van der Waals surface area contributed by atoms with Gasteiger partial charge in [0.2, 0.25) is 0 Å². The largest absolute Gasteiger partial charge is 0.300 e. The normalized spacial score (nSPS) is 28.9. The Morgan fingerprint density at radius 3 is 2.43 bits per heavy atom. The minimum absolute atomic E-state index is 0.255. The lowest BCUT2D eigenvalue weighted by Crippen LogP contribution is -2.41. The Morgan fingerprint density at radius 2 is 1.86 bits per heavy atom. The number of hydrogen-bond donors (Lipinski definition) is 0. The van der Waals surface area contributed by atoms with Crippen molar-refractivity contribution in [3.05, 3.63) is 0 Å². The van der Waals surface area contributed by atoms with Gasteiger partial charge in [0.1, 0.15) is 0 Å². The third-order valence-corrected chi connectivity index (χ3v) is 3.48. The zero-order valence-corrected chi connectivity index (χ0v) is 9.66. The van der Waals surface area contributed by atoms with Crippen molar-refractivity contribution in [3.8, 4) is 6.07 Å². The quantitative estimate of drug-likeness (QED) is 0.632. The van der Waals surface area contributed by atoms with Crippen LogP contribution in [-0.4, -0.2) is 24.0 Å². The molecule has 0 aromatic carbocycles. The van der Waals surface area contributed by atoms with E-state index < -0.39 is 0 Å². The average Bonchev–Trinajstić information content (AvgIpc) is 2.40. The predicted octanol–water partition coefficient (Wildman–Crippen LogP) is 2.80. The molecule has 1 saturated carbocycles. The maximum Gasteiger partial charge on any atom is 0.0672 e. The molecular weight excluding hydrogens is 172 g/mol. The van der Waals surface area contributed by atoms with Gasteiger partial charge in [-0.15, -0.1) is 0 Å². The van der Waals surface area contributed by atoms with Crippen LogP contribution in [0.25, 0.3) is 0 Å². The molecule has 14 heavy (non-hydrogen) atoms. The molecule has 0 aromatic heterocycles. The second kappa shape index (κ2) is 5.36. The number of nitriles is 1. The van der Waals surface area contributed by atoms with Gasteiger partial charge in [-0.2, -0.15) is 5.26 Å². The summed E-state index contributed by atoms with van der Waals surface area (Å²) >= 11 is 0. The first kappa shape index (κ1) is 11.5. The lowest BCUT2D eigenvalue weighted by Gasteiger charge is -2.33. The second-order valence-electron chi connectivity index (χ2n) is 4.70. The second-order valence-corrected chi connectivity index (χ2v) is 4.70. The van der Waals surface area contributed by atoms with Crippen LogP contribution in [0.1, 0.15) is 46.0 Å². The van der Waals surface area contributed by atoms with Crippen LogP contribution in [0.3, 0.4) is 0 Å². The lowest BCUT2D eigenvalue weighted by molar-refractivity contribution is 0.153. The van der Waals surface area contributed by atoms with Crippen LogP contribution in [0.15, 0.2) is 0 Å². The summed E-state index contributed by atoms with van der Waals surface area (Å²) in [6, 6.07) is 3.53. The van der Waals surface area contributed by atoms with Crippen LogP contribution in [0.5, 0.6) is 0 Å². The standard InChI is InChI=1S/C12H22N2/c1-10(2)14(3)12-8-6-4-5-7-11(12)9-13/h10-12H,4-8H2,1-3H3. The summed E-state index contributed by atoms with van der Waals surface area (Å²) < 4.78 is 0. The minimum Gasteiger partial charge on any atom is -0.300 e. The summed E-state index contributed by atoms with van der Waals surface area (Å²) in [6.07, 6.45) is 6.13. The monoisotopic (exact) mass is 194 g/mol. The third-order valence-electron chi connectivity index (χ3n) is 3.48. The van der Waals surface area contributed by atoms with Crippen LogP contribution in [0, 0.1) is 17.2 Å². The molecule has 0 amide bonds. The van der Waals surface area contributed by atoms with Crippen LogP contribution in [0.4, 0.5) is 0 Å². The summed E-state index contributed by atoms with van der Waals surface area (Å²) in [5.74, 6) is 0.255. The molecule has 0 radical (unpaired) electrons. The zero-order valence-electron chi connectivity index (χ0n) is 9.66. The molecule has 80 valence electrons. The van der Waals surface area contributed by atoms with Crippen LogP contribution < -0.4 is 0 Å². The summed E-state index contributed by atoms with van der Waals surface area (Å²) in [6.45, 7) is 4.42. The molecule has 1 fully saturated rings. The highest BCUT2D eigenvalue weighted by atomic mass is 15.2. The van der Waals surface area contributed by atoms with E-state index in [1.807, 2.05) is 0 Å². The Labute approximate surface area is 87.9 Å². The van der Waals surface area contributed by atoms with E-state index in [2.05, 4.69) is 31.9 Å². The van der Waals surface area contributed by atoms with Gasteiger partial charge in [0, 0.05) is 12.1 Å². The fourth-order valence-corrected chi connectivity index (χ4v) is 2.31. The molecule has 2 atom stereocenters. The topological polar surface area (TPSA) is 27.0 Å². The fraction of sp³-hybridized carbons (Fsp3) is 0.917. The van der Waals surface area contributed by atoms with Crippen molar-refractivity contribution in [2.75, 3.05) is 7.05 Å². The van der Waals surface area contributed by atoms with Gasteiger partial charge in [0.15, 0.2) is 0 Å². The van der Waals surface area contributed by atoms with Gasteiger partial charge >= 0.3 is 0 Å². The summed E-state index contributed by atoms with van der Waals surface area (Å²) in [7, 11) is 2.16. The Balaban J connectivity index is 2.66. The highest BCUT2D eigenvalue weighted by Crippen LogP contribution is 2.27. The number of rotatable bonds is 2. The fourth-order valence-electron chi connectivity index (χ4n) is 2.31. The predicted molar refractivity (Wildman–Crippen MR) is 58.9 cm³/mol. The van der Waals surface area contributed by atoms with E-state index in [1.165, 1.54) is 25.7 Å². The molecule has 2 nitrogen and oxygen atoms in total. The van der Waals surface area contributed by atoms with Crippen LogP contribution in [0.2, 0.25) is 0 Å². The molecule has 1 rings (SSSR count). The maximum atomic E-state index is 9.14. The highest BCUT2D eigenvalue weighted by Gasteiger charge is 2.27. The van der Waals surface area contributed by atoms with E-state index in [4.69, 9.17) is 5.26 Å². The molecule has 1 aliphatic rings. The Morgan fingerprint density at radius 1 is 1.21 bits per heavy atom. The van der Waals surface area contributed by atoms with E-state index in [1.54, 1.807) is 0 Å². The van der Waals surface area contributed by atoms with Gasteiger partial charge in [-0.3, -0.25) is 4.90 Å². The molecular formula is C12H22N2. The molecule has 0 aromatic rings. The van der Waals surface area contributed by atoms with Gasteiger partial charge < -0.3 is 0 Å². The smallest absolute Gasteiger partial charge is 0.0672 e.